The number of benzene rings is 2. The molecule has 1 saturated heterocycles. The highest BCUT2D eigenvalue weighted by atomic mass is 35.5. The van der Waals surface area contributed by atoms with E-state index in [1.54, 1.807) is 12.1 Å². The van der Waals surface area contributed by atoms with Gasteiger partial charge in [0.15, 0.2) is 0 Å². The Labute approximate surface area is 170 Å². The van der Waals surface area contributed by atoms with Crippen LogP contribution in [0.15, 0.2) is 48.5 Å². The fraction of sp³-hybridized carbons (Fsp3) is 0.316. The summed E-state index contributed by atoms with van der Waals surface area (Å²) in [6, 6.07) is 15.2. The van der Waals surface area contributed by atoms with Gasteiger partial charge in [0.1, 0.15) is 0 Å². The molecular formula is C19H22Cl3N3O. The van der Waals surface area contributed by atoms with Gasteiger partial charge in [-0.1, -0.05) is 35.3 Å². The minimum absolute atomic E-state index is 0. The van der Waals surface area contributed by atoms with Crippen molar-refractivity contribution in [1.82, 2.24) is 0 Å². The molecule has 140 valence electrons. The topological polar surface area (TPSA) is 36.8 Å². The van der Waals surface area contributed by atoms with Crippen LogP contribution in [0, 0.1) is 0 Å². The molecule has 0 aliphatic carbocycles. The van der Waals surface area contributed by atoms with Crippen molar-refractivity contribution >= 4 is 40.5 Å². The number of piperazine rings is 1. The number of hydrogen-bond acceptors (Lipinski definition) is 2. The van der Waals surface area contributed by atoms with Crippen molar-refractivity contribution in [2.24, 2.45) is 0 Å². The van der Waals surface area contributed by atoms with Crippen molar-refractivity contribution in [3.8, 4) is 0 Å². The highest BCUT2D eigenvalue weighted by Crippen LogP contribution is 2.19. The van der Waals surface area contributed by atoms with Crippen molar-refractivity contribution in [3.63, 3.8) is 0 Å². The fourth-order valence-electron chi connectivity index (χ4n) is 3.08. The maximum Gasteiger partial charge on any atom is 0.230 e. The number of hydrogen-bond donors (Lipinski definition) is 2. The lowest BCUT2D eigenvalue weighted by Gasteiger charge is -2.33. The van der Waals surface area contributed by atoms with E-state index in [9.17, 15) is 4.79 Å². The molecule has 26 heavy (non-hydrogen) atoms. The maximum absolute atomic E-state index is 12.1. The molecule has 0 saturated carbocycles. The van der Waals surface area contributed by atoms with Crippen LogP contribution >= 0.6 is 23.2 Å². The molecule has 0 aromatic heterocycles. The summed E-state index contributed by atoms with van der Waals surface area (Å²) in [6.45, 7) is 4.85. The first-order valence-electron chi connectivity index (χ1n) is 8.50. The van der Waals surface area contributed by atoms with Gasteiger partial charge in [0.05, 0.1) is 39.1 Å². The third-order valence-electron chi connectivity index (χ3n) is 4.46. The predicted octanol–water partition coefficient (Wildman–Crippen LogP) is -0.269. The summed E-state index contributed by atoms with van der Waals surface area (Å²) in [5.41, 5.74) is 1.92. The lowest BCUT2D eigenvalue weighted by molar-refractivity contribution is -0.900. The van der Waals surface area contributed by atoms with Gasteiger partial charge in [0, 0.05) is 21.4 Å². The summed E-state index contributed by atoms with van der Waals surface area (Å²) in [4.78, 5) is 15.9. The number of amides is 1. The molecule has 1 heterocycles. The molecule has 1 fully saturated rings. The molecule has 0 unspecified atom stereocenters. The SMILES string of the molecule is O=C(CC[NH+]1CCN(c2cccc(Cl)c2)CC1)Nc1cccc(Cl)c1.[Cl-]. The van der Waals surface area contributed by atoms with Gasteiger partial charge in [-0.05, 0) is 36.4 Å². The van der Waals surface area contributed by atoms with Crippen LogP contribution in [0.25, 0.3) is 0 Å². The van der Waals surface area contributed by atoms with E-state index < -0.39 is 0 Å². The highest BCUT2D eigenvalue weighted by molar-refractivity contribution is 6.31. The second-order valence-corrected chi connectivity index (χ2v) is 7.15. The van der Waals surface area contributed by atoms with Crippen molar-refractivity contribution in [2.45, 2.75) is 6.42 Å². The van der Waals surface area contributed by atoms with Crippen LogP contribution in [0.4, 0.5) is 11.4 Å². The number of nitrogens with zero attached hydrogens (tertiary/aromatic N) is 1. The van der Waals surface area contributed by atoms with Crippen LogP contribution in [0.3, 0.4) is 0 Å². The van der Waals surface area contributed by atoms with E-state index in [0.717, 1.165) is 43.4 Å². The number of carbonyl (C=O) groups is 1. The van der Waals surface area contributed by atoms with Gasteiger partial charge in [-0.15, -0.1) is 0 Å². The minimum Gasteiger partial charge on any atom is -1.00 e. The van der Waals surface area contributed by atoms with Gasteiger partial charge in [-0.2, -0.15) is 0 Å². The normalized spacial score (nSPS) is 14.6. The summed E-state index contributed by atoms with van der Waals surface area (Å²) < 4.78 is 0. The molecule has 2 N–H and O–H groups in total. The molecule has 7 heteroatoms. The van der Waals surface area contributed by atoms with Gasteiger partial charge in [0.2, 0.25) is 5.91 Å². The van der Waals surface area contributed by atoms with Crippen molar-refractivity contribution in [1.29, 1.82) is 0 Å². The van der Waals surface area contributed by atoms with Gasteiger partial charge in [-0.3, -0.25) is 4.79 Å². The minimum atomic E-state index is 0. The van der Waals surface area contributed by atoms with E-state index in [2.05, 4.69) is 16.3 Å². The first-order valence-corrected chi connectivity index (χ1v) is 9.25. The molecule has 0 radical (unpaired) electrons. The quantitative estimate of drug-likeness (QED) is 0.707. The number of rotatable bonds is 5. The second-order valence-electron chi connectivity index (χ2n) is 6.28. The number of nitrogens with one attached hydrogen (secondary N) is 2. The Bertz CT molecular complexity index is 733. The lowest BCUT2D eigenvalue weighted by atomic mass is 10.2. The molecule has 0 atom stereocenters. The first kappa shape index (κ1) is 20.8. The van der Waals surface area contributed by atoms with Gasteiger partial charge in [0.25, 0.3) is 0 Å². The smallest absolute Gasteiger partial charge is 0.230 e. The van der Waals surface area contributed by atoms with Crippen LogP contribution in [-0.4, -0.2) is 38.6 Å². The predicted molar refractivity (Wildman–Crippen MR) is 104 cm³/mol. The number of carbonyl (C=O) groups excluding carboxylic acids is 1. The highest BCUT2D eigenvalue weighted by Gasteiger charge is 2.20. The third kappa shape index (κ3) is 6.06. The summed E-state index contributed by atoms with van der Waals surface area (Å²) in [5, 5.41) is 4.30. The van der Waals surface area contributed by atoms with Crippen molar-refractivity contribution < 1.29 is 22.1 Å². The molecule has 1 aliphatic heterocycles. The second kappa shape index (κ2) is 10.0. The Balaban J connectivity index is 0.00000243. The molecule has 1 amide bonds. The molecule has 2 aromatic rings. The Hall–Kier alpha value is -1.46. The molecule has 0 spiro atoms. The van der Waals surface area contributed by atoms with E-state index in [4.69, 9.17) is 23.2 Å². The number of quaternary nitrogens is 1. The number of anilines is 2. The Morgan fingerprint density at radius 1 is 1.04 bits per heavy atom. The fourth-order valence-corrected chi connectivity index (χ4v) is 3.46. The van der Waals surface area contributed by atoms with Crippen LogP contribution < -0.4 is 27.5 Å². The zero-order valence-corrected chi connectivity index (χ0v) is 16.6. The van der Waals surface area contributed by atoms with Crippen LogP contribution in [-0.2, 0) is 4.79 Å². The zero-order valence-electron chi connectivity index (χ0n) is 14.4. The van der Waals surface area contributed by atoms with Crippen molar-refractivity contribution in [2.75, 3.05) is 42.9 Å². The molecule has 0 bridgehead atoms. The van der Waals surface area contributed by atoms with Crippen molar-refractivity contribution in [3.05, 3.63) is 58.6 Å². The molecular weight excluding hydrogens is 393 g/mol. The average Bonchev–Trinajstić information content (AvgIpc) is 2.60. The standard InChI is InChI=1S/C19H21Cl2N3O.ClH/c20-15-3-1-5-17(13-15)22-19(25)7-8-23-9-11-24(12-10-23)18-6-2-4-16(21)14-18;/h1-6,13-14H,7-12H2,(H,22,25);1H. The third-order valence-corrected chi connectivity index (χ3v) is 4.93. The van der Waals surface area contributed by atoms with Gasteiger partial charge >= 0.3 is 0 Å². The van der Waals surface area contributed by atoms with E-state index in [-0.39, 0.29) is 18.3 Å². The Morgan fingerprint density at radius 2 is 1.69 bits per heavy atom. The molecule has 1 aliphatic rings. The van der Waals surface area contributed by atoms with E-state index >= 15 is 0 Å². The molecule has 4 nitrogen and oxygen atoms in total. The van der Waals surface area contributed by atoms with Gasteiger partial charge in [-0.25, -0.2) is 0 Å². The van der Waals surface area contributed by atoms with Gasteiger partial charge < -0.3 is 27.5 Å². The largest absolute Gasteiger partial charge is 1.00 e. The van der Waals surface area contributed by atoms with Crippen LogP contribution in [0.1, 0.15) is 6.42 Å². The van der Waals surface area contributed by atoms with E-state index in [0.29, 0.717) is 11.4 Å². The van der Waals surface area contributed by atoms with Crippen LogP contribution in [0.2, 0.25) is 10.0 Å². The van der Waals surface area contributed by atoms with E-state index in [1.807, 2.05) is 30.3 Å². The summed E-state index contributed by atoms with van der Waals surface area (Å²) in [6.07, 6.45) is 0.513. The van der Waals surface area contributed by atoms with Crippen LogP contribution in [0.5, 0.6) is 0 Å². The molecule has 2 aromatic carbocycles. The summed E-state index contributed by atoms with van der Waals surface area (Å²) >= 11 is 12.0. The van der Waals surface area contributed by atoms with E-state index in [1.165, 1.54) is 10.6 Å². The Morgan fingerprint density at radius 3 is 2.35 bits per heavy atom. The zero-order chi connectivity index (χ0) is 17.6. The number of halogens is 3. The monoisotopic (exact) mass is 413 g/mol. The Kier molecular flexibility index (Phi) is 8.04. The summed E-state index contributed by atoms with van der Waals surface area (Å²) in [5.74, 6) is 0.0343. The average molecular weight is 415 g/mol. The first-order chi connectivity index (χ1) is 12.1. The lowest BCUT2D eigenvalue weighted by Crippen LogP contribution is -3.15. The maximum atomic E-state index is 12.1. The molecule has 3 rings (SSSR count). The summed E-state index contributed by atoms with van der Waals surface area (Å²) in [7, 11) is 0.